The van der Waals surface area contributed by atoms with E-state index in [0.29, 0.717) is 0 Å². The van der Waals surface area contributed by atoms with Crippen LogP contribution < -0.4 is 0 Å². The lowest BCUT2D eigenvalue weighted by Crippen LogP contribution is -2.04. The minimum absolute atomic E-state index is 0.0844. The predicted octanol–water partition coefficient (Wildman–Crippen LogP) is 3.55. The van der Waals surface area contributed by atoms with E-state index in [1.165, 1.54) is 11.5 Å². The largest absolute Gasteiger partial charge is 0.220 e. The normalized spacial score (nSPS) is 25.1. The Labute approximate surface area is 107 Å². The SMILES string of the molecule is Cc1nc(C2=CC=CC(C)(I)C=C2)ns1. The van der Waals surface area contributed by atoms with Gasteiger partial charge in [-0.25, -0.2) is 4.98 Å². The molecule has 1 aromatic heterocycles. The van der Waals surface area contributed by atoms with Gasteiger partial charge in [-0.2, -0.15) is 4.37 Å². The Bertz CT molecular complexity index is 455. The molecule has 4 heteroatoms. The molecule has 2 nitrogen and oxygen atoms in total. The number of alkyl halides is 1. The van der Waals surface area contributed by atoms with Crippen LogP contribution in [0.2, 0.25) is 0 Å². The van der Waals surface area contributed by atoms with E-state index in [1.54, 1.807) is 0 Å². The molecule has 1 heterocycles. The van der Waals surface area contributed by atoms with E-state index >= 15 is 0 Å². The van der Waals surface area contributed by atoms with E-state index in [-0.39, 0.29) is 3.42 Å². The highest BCUT2D eigenvalue weighted by Crippen LogP contribution is 2.27. The topological polar surface area (TPSA) is 25.8 Å². The lowest BCUT2D eigenvalue weighted by atomic mass is 10.1. The van der Waals surface area contributed by atoms with Crippen LogP contribution in [0.1, 0.15) is 17.8 Å². The number of halogens is 1. The molecule has 0 aliphatic heterocycles. The van der Waals surface area contributed by atoms with Crippen LogP contribution in [0.4, 0.5) is 0 Å². The van der Waals surface area contributed by atoms with Crippen LogP contribution in [-0.2, 0) is 0 Å². The minimum Gasteiger partial charge on any atom is -0.220 e. The molecule has 78 valence electrons. The van der Waals surface area contributed by atoms with Crippen molar-refractivity contribution < 1.29 is 0 Å². The van der Waals surface area contributed by atoms with Gasteiger partial charge >= 0.3 is 0 Å². The first-order valence-corrected chi connectivity index (χ1v) is 6.50. The quantitative estimate of drug-likeness (QED) is 0.581. The third kappa shape index (κ3) is 2.75. The number of aromatic nitrogens is 2. The summed E-state index contributed by atoms with van der Waals surface area (Å²) in [4.78, 5) is 4.38. The summed E-state index contributed by atoms with van der Waals surface area (Å²) >= 11 is 3.85. The molecule has 0 fully saturated rings. The summed E-state index contributed by atoms with van der Waals surface area (Å²) in [6.07, 6.45) is 10.5. The molecular formula is C11H11IN2S. The summed E-state index contributed by atoms with van der Waals surface area (Å²) in [7, 11) is 0. The fourth-order valence-electron chi connectivity index (χ4n) is 1.27. The van der Waals surface area contributed by atoms with Crippen LogP contribution in [0.25, 0.3) is 5.57 Å². The molecule has 0 radical (unpaired) electrons. The molecular weight excluding hydrogens is 319 g/mol. The van der Waals surface area contributed by atoms with Gasteiger partial charge < -0.3 is 0 Å². The summed E-state index contributed by atoms with van der Waals surface area (Å²) in [5, 5.41) is 1.00. The number of aryl methyl sites for hydroxylation is 1. The molecule has 2 rings (SSSR count). The fraction of sp³-hybridized carbons (Fsp3) is 0.273. The van der Waals surface area contributed by atoms with Crippen molar-refractivity contribution in [1.82, 2.24) is 9.36 Å². The van der Waals surface area contributed by atoms with Gasteiger partial charge in [0.2, 0.25) is 0 Å². The van der Waals surface area contributed by atoms with Crippen LogP contribution in [0, 0.1) is 6.92 Å². The number of allylic oxidation sites excluding steroid dienone is 6. The summed E-state index contributed by atoms with van der Waals surface area (Å²) in [6, 6.07) is 0. The number of hydrogen-bond donors (Lipinski definition) is 0. The monoisotopic (exact) mass is 330 g/mol. The van der Waals surface area contributed by atoms with Gasteiger partial charge in [0.15, 0.2) is 5.82 Å². The van der Waals surface area contributed by atoms with Crippen LogP contribution in [0.15, 0.2) is 30.4 Å². The Morgan fingerprint density at radius 2 is 2.20 bits per heavy atom. The summed E-state index contributed by atoms with van der Waals surface area (Å²) in [5.41, 5.74) is 1.08. The third-order valence-electron chi connectivity index (χ3n) is 2.07. The lowest BCUT2D eigenvalue weighted by Gasteiger charge is -2.09. The van der Waals surface area contributed by atoms with E-state index in [9.17, 15) is 0 Å². The smallest absolute Gasteiger partial charge is 0.172 e. The molecule has 15 heavy (non-hydrogen) atoms. The Morgan fingerprint density at radius 3 is 2.87 bits per heavy atom. The number of rotatable bonds is 1. The molecule has 1 unspecified atom stereocenters. The van der Waals surface area contributed by atoms with E-state index in [4.69, 9.17) is 0 Å². The first kappa shape index (κ1) is 11.0. The van der Waals surface area contributed by atoms with Gasteiger partial charge in [-0.15, -0.1) is 0 Å². The van der Waals surface area contributed by atoms with Crippen molar-refractivity contribution in [3.8, 4) is 0 Å². The van der Waals surface area contributed by atoms with Gasteiger partial charge in [0.1, 0.15) is 5.01 Å². The second kappa shape index (κ2) is 4.17. The van der Waals surface area contributed by atoms with E-state index in [0.717, 1.165) is 16.4 Å². The maximum atomic E-state index is 4.38. The number of nitrogens with zero attached hydrogens (tertiary/aromatic N) is 2. The van der Waals surface area contributed by atoms with Gasteiger partial charge in [0, 0.05) is 5.57 Å². The standard InChI is InChI=1S/C11H11IN2S/c1-8-13-10(14-15-8)9-4-3-6-11(2,12)7-5-9/h3-7H,1-2H3. The van der Waals surface area contributed by atoms with Crippen molar-refractivity contribution in [3.63, 3.8) is 0 Å². The lowest BCUT2D eigenvalue weighted by molar-refractivity contribution is 1.06. The Hall–Kier alpha value is -0.490. The Morgan fingerprint density at radius 1 is 1.40 bits per heavy atom. The van der Waals surface area contributed by atoms with Crippen molar-refractivity contribution in [2.45, 2.75) is 17.3 Å². The van der Waals surface area contributed by atoms with Gasteiger partial charge in [-0.05, 0) is 25.4 Å². The van der Waals surface area contributed by atoms with Gasteiger partial charge in [-0.1, -0.05) is 53.0 Å². The highest BCUT2D eigenvalue weighted by molar-refractivity contribution is 14.1. The average Bonchev–Trinajstić information content (AvgIpc) is 2.49. The molecule has 0 aromatic carbocycles. The summed E-state index contributed by atoms with van der Waals surface area (Å²) < 4.78 is 4.39. The van der Waals surface area contributed by atoms with E-state index < -0.39 is 0 Å². The van der Waals surface area contributed by atoms with E-state index in [1.807, 2.05) is 6.92 Å². The maximum Gasteiger partial charge on any atom is 0.172 e. The van der Waals surface area contributed by atoms with Crippen molar-refractivity contribution in [2.75, 3.05) is 0 Å². The molecule has 1 atom stereocenters. The molecule has 0 N–H and O–H groups in total. The zero-order valence-electron chi connectivity index (χ0n) is 8.57. The van der Waals surface area contributed by atoms with Crippen molar-refractivity contribution in [2.24, 2.45) is 0 Å². The summed E-state index contributed by atoms with van der Waals surface area (Å²) in [6.45, 7) is 4.14. The molecule has 0 saturated heterocycles. The third-order valence-corrected chi connectivity index (χ3v) is 3.41. The first-order chi connectivity index (χ1) is 7.07. The highest BCUT2D eigenvalue weighted by atomic mass is 127. The van der Waals surface area contributed by atoms with E-state index in [2.05, 4.69) is 69.3 Å². The second-order valence-corrected chi connectivity index (χ2v) is 6.88. The molecule has 0 bridgehead atoms. The van der Waals surface area contributed by atoms with Crippen LogP contribution >= 0.6 is 34.1 Å². The number of hydrogen-bond acceptors (Lipinski definition) is 3. The summed E-state index contributed by atoms with van der Waals surface area (Å²) in [5.74, 6) is 0.826. The molecule has 0 saturated carbocycles. The molecule has 0 amide bonds. The van der Waals surface area contributed by atoms with Crippen molar-refractivity contribution in [1.29, 1.82) is 0 Å². The molecule has 1 aliphatic rings. The van der Waals surface area contributed by atoms with Gasteiger partial charge in [0.05, 0.1) is 3.42 Å². The zero-order valence-corrected chi connectivity index (χ0v) is 11.5. The Kier molecular flexibility index (Phi) is 3.06. The fourth-order valence-corrected chi connectivity index (χ4v) is 2.15. The average molecular weight is 330 g/mol. The highest BCUT2D eigenvalue weighted by Gasteiger charge is 2.14. The zero-order chi connectivity index (χ0) is 10.9. The van der Waals surface area contributed by atoms with Gasteiger partial charge in [-0.3, -0.25) is 0 Å². The first-order valence-electron chi connectivity index (χ1n) is 4.65. The molecule has 1 aromatic rings. The van der Waals surface area contributed by atoms with Crippen LogP contribution in [0.5, 0.6) is 0 Å². The van der Waals surface area contributed by atoms with Crippen LogP contribution in [0.3, 0.4) is 0 Å². The second-order valence-electron chi connectivity index (χ2n) is 3.60. The molecule has 0 spiro atoms. The van der Waals surface area contributed by atoms with Crippen molar-refractivity contribution in [3.05, 3.63) is 41.2 Å². The predicted molar refractivity (Wildman–Crippen MR) is 73.3 cm³/mol. The van der Waals surface area contributed by atoms with Gasteiger partial charge in [0.25, 0.3) is 0 Å². The maximum absolute atomic E-state index is 4.38. The Balaban J connectivity index is 2.33. The van der Waals surface area contributed by atoms with Crippen LogP contribution in [-0.4, -0.2) is 12.8 Å². The minimum atomic E-state index is 0.0844. The molecule has 1 aliphatic carbocycles. The van der Waals surface area contributed by atoms with Crippen molar-refractivity contribution >= 4 is 39.7 Å².